The van der Waals surface area contributed by atoms with Crippen LogP contribution in [0.4, 0.5) is 0 Å². The molecule has 25 heavy (non-hydrogen) atoms. The molecule has 2 aromatic rings. The van der Waals surface area contributed by atoms with E-state index in [-0.39, 0.29) is 0 Å². The van der Waals surface area contributed by atoms with Crippen molar-refractivity contribution in [2.45, 2.75) is 56.8 Å². The molecule has 2 unspecified atom stereocenters. The van der Waals surface area contributed by atoms with Crippen LogP contribution in [0, 0.1) is 6.92 Å². The maximum absolute atomic E-state index is 11.4. The highest BCUT2D eigenvalue weighted by Gasteiger charge is 2.48. The SMILES string of the molecule is COc1ccc(C2(O)CC3CCC(C2)N3Cc2ccccc2)c(C)n1. The van der Waals surface area contributed by atoms with Gasteiger partial charge in [-0.2, -0.15) is 0 Å². The molecule has 2 fully saturated rings. The van der Waals surface area contributed by atoms with E-state index in [1.54, 1.807) is 7.11 Å². The van der Waals surface area contributed by atoms with Gasteiger partial charge in [-0.15, -0.1) is 0 Å². The number of methoxy groups -OCH3 is 1. The van der Waals surface area contributed by atoms with E-state index in [2.05, 4.69) is 40.2 Å². The summed E-state index contributed by atoms with van der Waals surface area (Å²) >= 11 is 0. The van der Waals surface area contributed by atoms with Crippen molar-refractivity contribution in [2.75, 3.05) is 7.11 Å². The molecule has 0 amide bonds. The van der Waals surface area contributed by atoms with Crippen molar-refractivity contribution in [2.24, 2.45) is 0 Å². The minimum Gasteiger partial charge on any atom is -0.481 e. The molecule has 2 atom stereocenters. The summed E-state index contributed by atoms with van der Waals surface area (Å²) in [5.74, 6) is 0.606. The molecule has 4 rings (SSSR count). The number of rotatable bonds is 4. The van der Waals surface area contributed by atoms with Gasteiger partial charge in [0.05, 0.1) is 12.7 Å². The predicted octanol–water partition coefficient (Wildman–Crippen LogP) is 3.41. The van der Waals surface area contributed by atoms with Crippen LogP contribution in [0.5, 0.6) is 5.88 Å². The molecule has 0 aliphatic carbocycles. The monoisotopic (exact) mass is 338 g/mol. The van der Waals surface area contributed by atoms with E-state index < -0.39 is 5.60 Å². The number of aliphatic hydroxyl groups is 1. The molecule has 2 bridgehead atoms. The molecule has 1 aromatic carbocycles. The molecule has 2 aliphatic rings. The number of pyridine rings is 1. The van der Waals surface area contributed by atoms with E-state index in [1.807, 2.05) is 19.1 Å². The Balaban J connectivity index is 1.56. The van der Waals surface area contributed by atoms with Gasteiger partial charge in [-0.05, 0) is 44.2 Å². The highest BCUT2D eigenvalue weighted by atomic mass is 16.5. The molecule has 2 saturated heterocycles. The average Bonchev–Trinajstić information content (AvgIpc) is 2.86. The Bertz CT molecular complexity index is 733. The maximum atomic E-state index is 11.4. The normalized spacial score (nSPS) is 28.9. The topological polar surface area (TPSA) is 45.6 Å². The molecule has 4 heteroatoms. The van der Waals surface area contributed by atoms with Crippen LogP contribution >= 0.6 is 0 Å². The number of aromatic nitrogens is 1. The molecule has 132 valence electrons. The lowest BCUT2D eigenvalue weighted by molar-refractivity contribution is -0.0601. The van der Waals surface area contributed by atoms with Gasteiger partial charge in [0, 0.05) is 36.0 Å². The standard InChI is InChI=1S/C21H26N2O2/c1-15-19(10-11-20(22-15)25-2)21(24)12-17-8-9-18(13-21)23(17)14-16-6-4-3-5-7-16/h3-7,10-11,17-18,24H,8-9,12-14H2,1-2H3. The molecule has 1 N–H and O–H groups in total. The van der Waals surface area contributed by atoms with Crippen LogP contribution < -0.4 is 4.74 Å². The second-order valence-electron chi connectivity index (χ2n) is 7.47. The second-order valence-corrected chi connectivity index (χ2v) is 7.47. The first-order valence-corrected chi connectivity index (χ1v) is 9.13. The maximum Gasteiger partial charge on any atom is 0.213 e. The summed E-state index contributed by atoms with van der Waals surface area (Å²) < 4.78 is 5.21. The zero-order chi connectivity index (χ0) is 17.4. The van der Waals surface area contributed by atoms with Gasteiger partial charge >= 0.3 is 0 Å². The fourth-order valence-electron chi connectivity index (χ4n) is 4.73. The number of nitrogens with zero attached hydrogens (tertiary/aromatic N) is 2. The third-order valence-corrected chi connectivity index (χ3v) is 5.90. The van der Waals surface area contributed by atoms with Crippen LogP contribution in [0.25, 0.3) is 0 Å². The fraction of sp³-hybridized carbons (Fsp3) is 0.476. The summed E-state index contributed by atoms with van der Waals surface area (Å²) in [4.78, 5) is 7.07. The van der Waals surface area contributed by atoms with Crippen molar-refractivity contribution in [1.29, 1.82) is 0 Å². The van der Waals surface area contributed by atoms with Gasteiger partial charge in [-0.3, -0.25) is 4.90 Å². The molecular weight excluding hydrogens is 312 g/mol. The molecule has 2 aliphatic heterocycles. The minimum atomic E-state index is -0.775. The molecule has 0 radical (unpaired) electrons. The Hall–Kier alpha value is -1.91. The van der Waals surface area contributed by atoms with E-state index in [9.17, 15) is 5.11 Å². The Morgan fingerprint density at radius 2 is 1.80 bits per heavy atom. The summed E-state index contributed by atoms with van der Waals surface area (Å²) in [6, 6.07) is 15.4. The zero-order valence-corrected chi connectivity index (χ0v) is 15.0. The molecular formula is C21H26N2O2. The summed E-state index contributed by atoms with van der Waals surface area (Å²) in [5, 5.41) is 11.4. The molecule has 4 nitrogen and oxygen atoms in total. The van der Waals surface area contributed by atoms with Gasteiger partial charge in [0.2, 0.25) is 5.88 Å². The number of fused-ring (bicyclic) bond motifs is 2. The van der Waals surface area contributed by atoms with Gasteiger partial charge < -0.3 is 9.84 Å². The predicted molar refractivity (Wildman–Crippen MR) is 97.5 cm³/mol. The highest BCUT2D eigenvalue weighted by molar-refractivity contribution is 5.32. The zero-order valence-electron chi connectivity index (χ0n) is 15.0. The number of piperidine rings is 1. The quantitative estimate of drug-likeness (QED) is 0.928. The van der Waals surface area contributed by atoms with Crippen LogP contribution in [0.1, 0.15) is 42.5 Å². The largest absolute Gasteiger partial charge is 0.481 e. The van der Waals surface area contributed by atoms with Crippen molar-refractivity contribution < 1.29 is 9.84 Å². The lowest BCUT2D eigenvalue weighted by Crippen LogP contribution is -2.49. The number of ether oxygens (including phenoxy) is 1. The molecule has 0 saturated carbocycles. The van der Waals surface area contributed by atoms with Gasteiger partial charge in [0.1, 0.15) is 0 Å². The van der Waals surface area contributed by atoms with Crippen LogP contribution in [-0.4, -0.2) is 34.2 Å². The van der Waals surface area contributed by atoms with Gasteiger partial charge in [-0.25, -0.2) is 4.98 Å². The number of benzene rings is 1. The first-order valence-electron chi connectivity index (χ1n) is 9.13. The smallest absolute Gasteiger partial charge is 0.213 e. The van der Waals surface area contributed by atoms with E-state index in [0.29, 0.717) is 18.0 Å². The molecule has 1 aromatic heterocycles. The fourth-order valence-corrected chi connectivity index (χ4v) is 4.73. The van der Waals surface area contributed by atoms with E-state index >= 15 is 0 Å². The molecule has 3 heterocycles. The van der Waals surface area contributed by atoms with Gasteiger partial charge in [0.15, 0.2) is 0 Å². The first-order chi connectivity index (χ1) is 12.1. The van der Waals surface area contributed by atoms with E-state index in [4.69, 9.17) is 4.74 Å². The van der Waals surface area contributed by atoms with Crippen LogP contribution in [0.2, 0.25) is 0 Å². The van der Waals surface area contributed by atoms with Crippen LogP contribution in [-0.2, 0) is 12.1 Å². The first kappa shape index (κ1) is 16.6. The van der Waals surface area contributed by atoms with Gasteiger partial charge in [0.25, 0.3) is 0 Å². The number of hydrogen-bond donors (Lipinski definition) is 1. The van der Waals surface area contributed by atoms with E-state index in [0.717, 1.165) is 30.6 Å². The summed E-state index contributed by atoms with van der Waals surface area (Å²) in [7, 11) is 1.62. The Morgan fingerprint density at radius 1 is 1.12 bits per heavy atom. The van der Waals surface area contributed by atoms with E-state index in [1.165, 1.54) is 18.4 Å². The third kappa shape index (κ3) is 3.05. The summed E-state index contributed by atoms with van der Waals surface area (Å²) in [5.41, 5.74) is 2.41. The van der Waals surface area contributed by atoms with Gasteiger partial charge in [-0.1, -0.05) is 30.3 Å². The Kier molecular flexibility index (Phi) is 4.26. The van der Waals surface area contributed by atoms with Crippen molar-refractivity contribution in [3.63, 3.8) is 0 Å². The lowest BCUT2D eigenvalue weighted by Gasteiger charge is -2.44. The van der Waals surface area contributed by atoms with Crippen molar-refractivity contribution in [3.8, 4) is 5.88 Å². The van der Waals surface area contributed by atoms with Crippen LogP contribution in [0.15, 0.2) is 42.5 Å². The number of aryl methyl sites for hydroxylation is 1. The average molecular weight is 338 g/mol. The Labute approximate surface area is 149 Å². The molecule has 0 spiro atoms. The summed E-state index contributed by atoms with van der Waals surface area (Å²) in [6.45, 7) is 2.94. The van der Waals surface area contributed by atoms with Crippen LogP contribution in [0.3, 0.4) is 0 Å². The summed E-state index contributed by atoms with van der Waals surface area (Å²) in [6.07, 6.45) is 3.90. The van der Waals surface area contributed by atoms with Crippen molar-refractivity contribution in [1.82, 2.24) is 9.88 Å². The Morgan fingerprint density at radius 3 is 2.40 bits per heavy atom. The lowest BCUT2D eigenvalue weighted by atomic mass is 9.79. The highest BCUT2D eigenvalue weighted by Crippen LogP contribution is 2.46. The second kappa shape index (κ2) is 6.43. The third-order valence-electron chi connectivity index (χ3n) is 5.90. The van der Waals surface area contributed by atoms with Crippen molar-refractivity contribution in [3.05, 3.63) is 59.3 Å². The number of hydrogen-bond acceptors (Lipinski definition) is 4. The minimum absolute atomic E-state index is 0.436. The van der Waals surface area contributed by atoms with Crippen molar-refractivity contribution >= 4 is 0 Å².